The van der Waals surface area contributed by atoms with Crippen molar-refractivity contribution in [3.8, 4) is 0 Å². The molecule has 5 nitrogen and oxygen atoms in total. The van der Waals surface area contributed by atoms with E-state index in [4.69, 9.17) is 13.9 Å². The molecular formula is C22H23NO4. The van der Waals surface area contributed by atoms with Gasteiger partial charge < -0.3 is 13.9 Å². The van der Waals surface area contributed by atoms with Gasteiger partial charge in [-0.3, -0.25) is 9.69 Å². The Hall–Kier alpha value is -2.37. The average Bonchev–Trinajstić information content (AvgIpc) is 3.22. The Morgan fingerprint density at radius 3 is 2.78 bits per heavy atom. The van der Waals surface area contributed by atoms with Crippen molar-refractivity contribution in [2.75, 3.05) is 13.3 Å². The largest absolute Gasteiger partial charge is 0.496 e. The maximum absolute atomic E-state index is 13.2. The molecule has 4 atom stereocenters. The number of allylic oxidation sites excluding steroid dienone is 1. The second-order valence-corrected chi connectivity index (χ2v) is 7.64. The molecule has 1 saturated carbocycles. The van der Waals surface area contributed by atoms with Crippen LogP contribution in [0.5, 0.6) is 0 Å². The van der Waals surface area contributed by atoms with E-state index in [0.29, 0.717) is 18.8 Å². The van der Waals surface area contributed by atoms with Gasteiger partial charge in [-0.15, -0.1) is 0 Å². The van der Waals surface area contributed by atoms with Crippen molar-refractivity contribution in [2.24, 2.45) is 11.8 Å². The van der Waals surface area contributed by atoms with Crippen LogP contribution in [-0.2, 0) is 20.8 Å². The molecule has 3 heterocycles. The van der Waals surface area contributed by atoms with Gasteiger partial charge in [0.25, 0.3) is 0 Å². The van der Waals surface area contributed by atoms with Gasteiger partial charge in [-0.25, -0.2) is 0 Å². The van der Waals surface area contributed by atoms with Gasteiger partial charge in [0.2, 0.25) is 0 Å². The number of carbonyl (C=O) groups is 1. The Kier molecular flexibility index (Phi) is 4.34. The first-order chi connectivity index (χ1) is 13.3. The molecule has 1 aromatic carbocycles. The Bertz CT molecular complexity index is 829. The number of Topliss-reactive ketones (excluding diaryl/α,β-unsaturated/α-hetero) is 1. The van der Waals surface area contributed by atoms with Crippen molar-refractivity contribution in [2.45, 2.75) is 31.6 Å². The number of fused-ring (bicyclic) bond motifs is 3. The molecule has 5 rings (SSSR count). The van der Waals surface area contributed by atoms with Gasteiger partial charge in [0.05, 0.1) is 43.4 Å². The standard InChI is InChI=1S/C22H23NO4/c24-21-17-8-9-20-18(12-23(14-27-20)11-16-7-4-10-25-16)22(17)26-13-19(21)15-5-2-1-3-6-15/h1-7,10,13,17-18,20,22H,8-9,11-12,14H2. The monoisotopic (exact) mass is 365 g/mol. The van der Waals surface area contributed by atoms with E-state index < -0.39 is 0 Å². The lowest BCUT2D eigenvalue weighted by Gasteiger charge is -2.48. The highest BCUT2D eigenvalue weighted by Gasteiger charge is 2.49. The summed E-state index contributed by atoms with van der Waals surface area (Å²) in [6.45, 7) is 2.17. The van der Waals surface area contributed by atoms with Gasteiger partial charge >= 0.3 is 0 Å². The predicted molar refractivity (Wildman–Crippen MR) is 99.4 cm³/mol. The highest BCUT2D eigenvalue weighted by molar-refractivity contribution is 6.22. The minimum absolute atomic E-state index is 0.0846. The number of carbonyl (C=O) groups excluding carboxylic acids is 1. The van der Waals surface area contributed by atoms with Crippen LogP contribution in [0.15, 0.2) is 59.4 Å². The summed E-state index contributed by atoms with van der Waals surface area (Å²) in [7, 11) is 0. The minimum Gasteiger partial charge on any atom is -0.496 e. The van der Waals surface area contributed by atoms with E-state index in [2.05, 4.69) is 4.90 Å². The molecule has 2 aliphatic heterocycles. The van der Waals surface area contributed by atoms with Crippen LogP contribution >= 0.6 is 0 Å². The summed E-state index contributed by atoms with van der Waals surface area (Å²) in [5.41, 5.74) is 1.63. The normalized spacial score (nSPS) is 30.8. The summed E-state index contributed by atoms with van der Waals surface area (Å²) < 4.78 is 17.7. The van der Waals surface area contributed by atoms with Crippen molar-refractivity contribution >= 4 is 11.4 Å². The number of nitrogens with zero attached hydrogens (tertiary/aromatic N) is 1. The molecule has 4 unspecified atom stereocenters. The third kappa shape index (κ3) is 3.11. The molecule has 1 aromatic heterocycles. The molecule has 2 fully saturated rings. The summed E-state index contributed by atoms with van der Waals surface area (Å²) in [5.74, 6) is 1.25. The number of ketones is 1. The van der Waals surface area contributed by atoms with Crippen LogP contribution in [0, 0.1) is 11.8 Å². The van der Waals surface area contributed by atoms with Gasteiger partial charge in [0, 0.05) is 12.5 Å². The fourth-order valence-corrected chi connectivity index (χ4v) is 4.65. The lowest BCUT2D eigenvalue weighted by atomic mass is 9.71. The third-order valence-corrected chi connectivity index (χ3v) is 5.99. The fraction of sp³-hybridized carbons (Fsp3) is 0.409. The van der Waals surface area contributed by atoms with Gasteiger partial charge in [-0.2, -0.15) is 0 Å². The summed E-state index contributed by atoms with van der Waals surface area (Å²) in [4.78, 5) is 15.4. The Balaban J connectivity index is 1.35. The van der Waals surface area contributed by atoms with Crippen molar-refractivity contribution in [1.82, 2.24) is 4.90 Å². The molecule has 140 valence electrons. The van der Waals surface area contributed by atoms with Crippen molar-refractivity contribution in [3.63, 3.8) is 0 Å². The molecule has 0 amide bonds. The number of hydrogen-bond acceptors (Lipinski definition) is 5. The molecule has 0 N–H and O–H groups in total. The van der Waals surface area contributed by atoms with Crippen molar-refractivity contribution in [3.05, 3.63) is 66.3 Å². The van der Waals surface area contributed by atoms with Gasteiger partial charge in [-0.05, 0) is 30.5 Å². The summed E-state index contributed by atoms with van der Waals surface area (Å²) in [6.07, 6.45) is 5.16. The number of rotatable bonds is 3. The lowest BCUT2D eigenvalue weighted by molar-refractivity contribution is -0.172. The van der Waals surface area contributed by atoms with Crippen LogP contribution in [0.1, 0.15) is 24.2 Å². The highest BCUT2D eigenvalue weighted by atomic mass is 16.5. The van der Waals surface area contributed by atoms with E-state index >= 15 is 0 Å². The lowest BCUT2D eigenvalue weighted by Crippen LogP contribution is -2.56. The van der Waals surface area contributed by atoms with Crippen molar-refractivity contribution in [1.29, 1.82) is 0 Å². The second-order valence-electron chi connectivity index (χ2n) is 7.64. The zero-order chi connectivity index (χ0) is 18.2. The smallest absolute Gasteiger partial charge is 0.173 e. The Labute approximate surface area is 158 Å². The number of benzene rings is 1. The maximum atomic E-state index is 13.2. The van der Waals surface area contributed by atoms with Crippen LogP contribution in [0.25, 0.3) is 5.57 Å². The molecule has 5 heteroatoms. The Morgan fingerprint density at radius 2 is 1.96 bits per heavy atom. The fourth-order valence-electron chi connectivity index (χ4n) is 4.65. The van der Waals surface area contributed by atoms with Crippen LogP contribution in [0.3, 0.4) is 0 Å². The van der Waals surface area contributed by atoms with Crippen molar-refractivity contribution < 1.29 is 18.7 Å². The van der Waals surface area contributed by atoms with E-state index in [-0.39, 0.29) is 29.8 Å². The van der Waals surface area contributed by atoms with E-state index in [0.717, 1.165) is 30.7 Å². The number of ether oxygens (including phenoxy) is 2. The van der Waals surface area contributed by atoms with Crippen LogP contribution in [0.4, 0.5) is 0 Å². The number of furan rings is 1. The van der Waals surface area contributed by atoms with Crippen LogP contribution in [0.2, 0.25) is 0 Å². The van der Waals surface area contributed by atoms with Gasteiger partial charge in [-0.1, -0.05) is 30.3 Å². The zero-order valence-electron chi connectivity index (χ0n) is 15.1. The first kappa shape index (κ1) is 16.8. The SMILES string of the molecule is O=C1C(c2ccccc2)=COC2C1CCC1OCN(Cc3ccco3)CC12. The Morgan fingerprint density at radius 1 is 1.07 bits per heavy atom. The first-order valence-corrected chi connectivity index (χ1v) is 9.61. The molecule has 3 aliphatic rings. The molecule has 1 aliphatic carbocycles. The first-order valence-electron chi connectivity index (χ1n) is 9.61. The number of hydrogen-bond donors (Lipinski definition) is 0. The summed E-state index contributed by atoms with van der Waals surface area (Å²) in [6, 6.07) is 13.7. The van der Waals surface area contributed by atoms with E-state index in [9.17, 15) is 4.79 Å². The molecule has 0 bridgehead atoms. The molecule has 1 saturated heterocycles. The topological polar surface area (TPSA) is 51.9 Å². The average molecular weight is 365 g/mol. The minimum atomic E-state index is -0.108. The second kappa shape index (κ2) is 6.98. The van der Waals surface area contributed by atoms with E-state index in [1.54, 1.807) is 12.5 Å². The molecule has 0 spiro atoms. The molecule has 2 aromatic rings. The summed E-state index contributed by atoms with van der Waals surface area (Å²) >= 11 is 0. The van der Waals surface area contributed by atoms with E-state index in [1.807, 2.05) is 42.5 Å². The molecule has 27 heavy (non-hydrogen) atoms. The van der Waals surface area contributed by atoms with Crippen LogP contribution in [-0.4, -0.2) is 36.2 Å². The van der Waals surface area contributed by atoms with Crippen LogP contribution < -0.4 is 0 Å². The van der Waals surface area contributed by atoms with Gasteiger partial charge in [0.15, 0.2) is 5.78 Å². The van der Waals surface area contributed by atoms with E-state index in [1.165, 1.54) is 0 Å². The predicted octanol–water partition coefficient (Wildman–Crippen LogP) is 3.47. The quantitative estimate of drug-likeness (QED) is 0.834. The van der Waals surface area contributed by atoms with Gasteiger partial charge in [0.1, 0.15) is 11.9 Å². The summed E-state index contributed by atoms with van der Waals surface area (Å²) in [5, 5.41) is 0. The molecular weight excluding hydrogens is 342 g/mol. The zero-order valence-corrected chi connectivity index (χ0v) is 15.1. The third-order valence-electron chi connectivity index (χ3n) is 5.99. The highest BCUT2D eigenvalue weighted by Crippen LogP contribution is 2.42. The molecule has 0 radical (unpaired) electrons. The maximum Gasteiger partial charge on any atom is 0.173 e.